The maximum atomic E-state index is 9.45. The van der Waals surface area contributed by atoms with Gasteiger partial charge in [0, 0.05) is 82.3 Å². The maximum absolute atomic E-state index is 9.45. The minimum atomic E-state index is 0.281. The van der Waals surface area contributed by atoms with Crippen LogP contribution in [0.3, 0.4) is 0 Å². The molecule has 0 amide bonds. The van der Waals surface area contributed by atoms with Crippen LogP contribution in [-0.4, -0.2) is 80.6 Å². The molecule has 33 heavy (non-hydrogen) atoms. The Bertz CT molecular complexity index is 1040. The van der Waals surface area contributed by atoms with Crippen molar-refractivity contribution in [2.75, 3.05) is 55.7 Å². The molecule has 9 nitrogen and oxygen atoms in total. The first-order chi connectivity index (χ1) is 16.2. The molecule has 5 heterocycles. The summed E-state index contributed by atoms with van der Waals surface area (Å²) in [6, 6.07) is 5.88. The van der Waals surface area contributed by atoms with Crippen LogP contribution in [0.15, 0.2) is 43.0 Å². The molecule has 2 aliphatic heterocycles. The zero-order valence-corrected chi connectivity index (χ0v) is 19.2. The van der Waals surface area contributed by atoms with Crippen LogP contribution in [0.25, 0.3) is 5.82 Å². The van der Waals surface area contributed by atoms with E-state index in [4.69, 9.17) is 4.98 Å². The van der Waals surface area contributed by atoms with Gasteiger partial charge in [0.1, 0.15) is 0 Å². The largest absolute Gasteiger partial charge is 0.396 e. The van der Waals surface area contributed by atoms with Gasteiger partial charge in [-0.05, 0) is 37.8 Å². The highest BCUT2D eigenvalue weighted by molar-refractivity contribution is 5.62. The highest BCUT2D eigenvalue weighted by Crippen LogP contribution is 2.29. The number of aliphatic hydroxyl groups is 1. The Morgan fingerprint density at radius 2 is 1.58 bits per heavy atom. The lowest BCUT2D eigenvalue weighted by molar-refractivity contribution is 0.202. The van der Waals surface area contributed by atoms with Gasteiger partial charge in [0.25, 0.3) is 0 Å². The van der Waals surface area contributed by atoms with Crippen LogP contribution in [0.4, 0.5) is 11.6 Å². The summed E-state index contributed by atoms with van der Waals surface area (Å²) in [6.45, 7) is 8.91. The molecule has 0 radical (unpaired) electrons. The smallest absolute Gasteiger partial charge is 0.172 e. The Hall–Kier alpha value is -3.04. The Morgan fingerprint density at radius 3 is 2.21 bits per heavy atom. The summed E-state index contributed by atoms with van der Waals surface area (Å²) >= 11 is 0. The van der Waals surface area contributed by atoms with Gasteiger partial charge >= 0.3 is 0 Å². The van der Waals surface area contributed by atoms with Gasteiger partial charge in [-0.3, -0.25) is 4.90 Å². The summed E-state index contributed by atoms with van der Waals surface area (Å²) in [5, 5.41) is 14.0. The van der Waals surface area contributed by atoms with Crippen molar-refractivity contribution in [1.82, 2.24) is 29.6 Å². The van der Waals surface area contributed by atoms with Crippen LogP contribution < -0.4 is 9.80 Å². The second-order valence-corrected chi connectivity index (χ2v) is 8.93. The first kappa shape index (κ1) is 21.8. The van der Waals surface area contributed by atoms with Gasteiger partial charge in [-0.2, -0.15) is 5.10 Å². The molecule has 3 aromatic heterocycles. The standard InChI is InChI=1S/C24H32N8O/c1-19-21(16-28-32(19)22-4-2-3-7-25-22)17-29-12-14-31(15-13-29)24-23(26-8-9-27-24)30-10-5-20(18-33)6-11-30/h2-4,7-9,16,20,33H,5-6,10-15,17-18H2,1H3. The van der Waals surface area contributed by atoms with E-state index in [-0.39, 0.29) is 6.61 Å². The fraction of sp³-hybridized carbons (Fsp3) is 0.500. The van der Waals surface area contributed by atoms with E-state index in [1.54, 1.807) is 18.6 Å². The van der Waals surface area contributed by atoms with Gasteiger partial charge in [-0.25, -0.2) is 19.6 Å². The Labute approximate surface area is 194 Å². The maximum Gasteiger partial charge on any atom is 0.172 e. The Kier molecular flexibility index (Phi) is 6.50. The van der Waals surface area contributed by atoms with Gasteiger partial charge in [-0.15, -0.1) is 0 Å². The minimum absolute atomic E-state index is 0.281. The van der Waals surface area contributed by atoms with Crippen molar-refractivity contribution in [2.24, 2.45) is 5.92 Å². The predicted octanol–water partition coefficient (Wildman–Crippen LogP) is 1.90. The summed E-state index contributed by atoms with van der Waals surface area (Å²) < 4.78 is 1.91. The van der Waals surface area contributed by atoms with E-state index < -0.39 is 0 Å². The number of hydrogen-bond donors (Lipinski definition) is 1. The van der Waals surface area contributed by atoms with Crippen LogP contribution >= 0.6 is 0 Å². The van der Waals surface area contributed by atoms with Crippen molar-refractivity contribution < 1.29 is 5.11 Å². The summed E-state index contributed by atoms with van der Waals surface area (Å²) in [7, 11) is 0. The number of aromatic nitrogens is 5. The molecule has 2 fully saturated rings. The summed E-state index contributed by atoms with van der Waals surface area (Å²) in [5.41, 5.74) is 2.37. The molecular weight excluding hydrogens is 416 g/mol. The highest BCUT2D eigenvalue weighted by atomic mass is 16.3. The van der Waals surface area contributed by atoms with E-state index in [0.717, 1.165) is 81.8 Å². The monoisotopic (exact) mass is 448 g/mol. The van der Waals surface area contributed by atoms with Crippen LogP contribution in [0.2, 0.25) is 0 Å². The highest BCUT2D eigenvalue weighted by Gasteiger charge is 2.26. The number of nitrogens with zero attached hydrogens (tertiary/aromatic N) is 8. The van der Waals surface area contributed by atoms with Crippen molar-refractivity contribution in [3.8, 4) is 5.82 Å². The third-order valence-electron chi connectivity index (χ3n) is 6.88. The van der Waals surface area contributed by atoms with Gasteiger partial charge in [0.15, 0.2) is 17.5 Å². The lowest BCUT2D eigenvalue weighted by atomic mass is 9.98. The van der Waals surface area contributed by atoms with Gasteiger partial charge in [0.2, 0.25) is 0 Å². The van der Waals surface area contributed by atoms with Gasteiger partial charge < -0.3 is 14.9 Å². The molecule has 3 aromatic rings. The van der Waals surface area contributed by atoms with Crippen LogP contribution in [0.5, 0.6) is 0 Å². The molecule has 9 heteroatoms. The van der Waals surface area contributed by atoms with Crippen molar-refractivity contribution in [3.05, 3.63) is 54.2 Å². The predicted molar refractivity (Wildman–Crippen MR) is 128 cm³/mol. The molecule has 174 valence electrons. The SMILES string of the molecule is Cc1c(CN2CCN(c3nccnc3N3CCC(CO)CC3)CC2)cnn1-c1ccccn1. The second kappa shape index (κ2) is 9.84. The molecular formula is C24H32N8O. The van der Waals surface area contributed by atoms with Crippen molar-refractivity contribution >= 4 is 11.6 Å². The average Bonchev–Trinajstić information content (AvgIpc) is 3.25. The molecule has 5 rings (SSSR count). The third-order valence-corrected chi connectivity index (χ3v) is 6.88. The zero-order valence-electron chi connectivity index (χ0n) is 19.2. The van der Waals surface area contributed by atoms with E-state index in [2.05, 4.69) is 36.7 Å². The molecule has 0 aromatic carbocycles. The molecule has 2 saturated heterocycles. The lowest BCUT2D eigenvalue weighted by Gasteiger charge is -2.38. The van der Waals surface area contributed by atoms with Crippen LogP contribution in [0, 0.1) is 12.8 Å². The first-order valence-corrected chi connectivity index (χ1v) is 11.8. The van der Waals surface area contributed by atoms with E-state index >= 15 is 0 Å². The topological polar surface area (TPSA) is 86.4 Å². The quantitative estimate of drug-likeness (QED) is 0.612. The van der Waals surface area contributed by atoms with E-state index in [9.17, 15) is 5.11 Å². The second-order valence-electron chi connectivity index (χ2n) is 8.93. The van der Waals surface area contributed by atoms with Crippen LogP contribution in [-0.2, 0) is 6.54 Å². The average molecular weight is 449 g/mol. The molecule has 0 aliphatic carbocycles. The van der Waals surface area contributed by atoms with Crippen molar-refractivity contribution in [3.63, 3.8) is 0 Å². The first-order valence-electron chi connectivity index (χ1n) is 11.8. The molecule has 1 N–H and O–H groups in total. The van der Waals surface area contributed by atoms with Crippen molar-refractivity contribution in [2.45, 2.75) is 26.3 Å². The molecule has 0 spiro atoms. The molecule has 0 saturated carbocycles. The fourth-order valence-corrected chi connectivity index (χ4v) is 4.76. The van der Waals surface area contributed by atoms with E-state index in [1.165, 1.54) is 5.56 Å². The zero-order chi connectivity index (χ0) is 22.6. The Balaban J connectivity index is 1.22. The number of aliphatic hydroxyl groups excluding tert-OH is 1. The number of hydrogen-bond acceptors (Lipinski definition) is 8. The summed E-state index contributed by atoms with van der Waals surface area (Å²) in [5.74, 6) is 3.23. The summed E-state index contributed by atoms with van der Waals surface area (Å²) in [6.07, 6.45) is 9.35. The fourth-order valence-electron chi connectivity index (χ4n) is 4.76. The van der Waals surface area contributed by atoms with Crippen molar-refractivity contribution in [1.29, 1.82) is 0 Å². The van der Waals surface area contributed by atoms with Gasteiger partial charge in [-0.1, -0.05) is 6.07 Å². The minimum Gasteiger partial charge on any atom is -0.396 e. The normalized spacial score (nSPS) is 18.1. The lowest BCUT2D eigenvalue weighted by Crippen LogP contribution is -2.47. The number of piperidine rings is 1. The molecule has 0 unspecified atom stereocenters. The number of rotatable bonds is 6. The van der Waals surface area contributed by atoms with E-state index in [0.29, 0.717) is 5.92 Å². The van der Waals surface area contributed by atoms with E-state index in [1.807, 2.05) is 29.1 Å². The van der Waals surface area contributed by atoms with Gasteiger partial charge in [0.05, 0.1) is 6.20 Å². The Morgan fingerprint density at radius 1 is 0.879 bits per heavy atom. The number of piperazine rings is 1. The molecule has 2 aliphatic rings. The van der Waals surface area contributed by atoms with Crippen LogP contribution in [0.1, 0.15) is 24.1 Å². The molecule has 0 atom stereocenters. The number of anilines is 2. The molecule has 0 bridgehead atoms. The number of pyridine rings is 1. The summed E-state index contributed by atoms with van der Waals surface area (Å²) in [4.78, 5) is 21.0. The third kappa shape index (κ3) is 4.69.